The maximum Gasteiger partial charge on any atom is 0.243 e. The molecule has 21 heavy (non-hydrogen) atoms. The second-order valence-electron chi connectivity index (χ2n) is 5.09. The van der Waals surface area contributed by atoms with Crippen LogP contribution in [0.1, 0.15) is 20.3 Å². The summed E-state index contributed by atoms with van der Waals surface area (Å²) < 4.78 is 12.7. The number of halogens is 1. The fourth-order valence-electron chi connectivity index (χ4n) is 1.60. The average molecular weight is 294 g/mol. The molecule has 5 nitrogen and oxygen atoms in total. The molecule has 0 spiro atoms. The first kappa shape index (κ1) is 16.9. The van der Waals surface area contributed by atoms with Crippen molar-refractivity contribution in [3.63, 3.8) is 0 Å². The van der Waals surface area contributed by atoms with Crippen LogP contribution < -0.4 is 16.0 Å². The van der Waals surface area contributed by atoms with Crippen LogP contribution in [-0.2, 0) is 4.79 Å². The lowest BCUT2D eigenvalue weighted by Gasteiger charge is -2.12. The molecular weight excluding hydrogens is 271 g/mol. The zero-order valence-corrected chi connectivity index (χ0v) is 12.7. The third-order valence-corrected chi connectivity index (χ3v) is 2.78. The van der Waals surface area contributed by atoms with Gasteiger partial charge in [-0.05, 0) is 36.6 Å². The molecule has 0 aromatic heterocycles. The van der Waals surface area contributed by atoms with Crippen molar-refractivity contribution in [1.82, 2.24) is 10.6 Å². The van der Waals surface area contributed by atoms with Gasteiger partial charge >= 0.3 is 0 Å². The molecule has 0 aliphatic heterocycles. The van der Waals surface area contributed by atoms with Gasteiger partial charge in [0.15, 0.2) is 5.96 Å². The minimum atomic E-state index is -0.333. The Morgan fingerprint density at radius 2 is 1.90 bits per heavy atom. The summed E-state index contributed by atoms with van der Waals surface area (Å²) in [4.78, 5) is 15.8. The van der Waals surface area contributed by atoms with Crippen molar-refractivity contribution < 1.29 is 9.18 Å². The molecule has 0 heterocycles. The SMILES string of the molecule is CN=C(NCCC(C)C)NCC(=O)Nc1ccc(F)cc1. The maximum absolute atomic E-state index is 12.7. The van der Waals surface area contributed by atoms with Crippen LogP contribution in [0.5, 0.6) is 0 Å². The van der Waals surface area contributed by atoms with Gasteiger partial charge in [0.2, 0.25) is 5.91 Å². The number of carbonyl (C=O) groups is 1. The average Bonchev–Trinajstić information content (AvgIpc) is 2.44. The Labute approximate surface area is 125 Å². The van der Waals surface area contributed by atoms with Crippen molar-refractivity contribution in [2.75, 3.05) is 25.5 Å². The lowest BCUT2D eigenvalue weighted by atomic mass is 10.1. The number of nitrogens with one attached hydrogen (secondary N) is 3. The summed E-state index contributed by atoms with van der Waals surface area (Å²) in [6.07, 6.45) is 1.03. The van der Waals surface area contributed by atoms with E-state index in [1.807, 2.05) is 0 Å². The smallest absolute Gasteiger partial charge is 0.243 e. The van der Waals surface area contributed by atoms with Gasteiger partial charge in [0.1, 0.15) is 5.82 Å². The predicted octanol–water partition coefficient (Wildman–Crippen LogP) is 1.98. The molecule has 6 heteroatoms. The van der Waals surface area contributed by atoms with Gasteiger partial charge in [-0.15, -0.1) is 0 Å². The van der Waals surface area contributed by atoms with Crippen LogP contribution in [0.4, 0.5) is 10.1 Å². The molecule has 0 atom stereocenters. The number of amides is 1. The summed E-state index contributed by atoms with van der Waals surface area (Å²) in [6.45, 7) is 5.19. The molecule has 0 aliphatic carbocycles. The third kappa shape index (κ3) is 7.29. The van der Waals surface area contributed by atoms with Crippen LogP contribution >= 0.6 is 0 Å². The predicted molar refractivity (Wildman–Crippen MR) is 83.8 cm³/mol. The van der Waals surface area contributed by atoms with Gasteiger partial charge < -0.3 is 16.0 Å². The van der Waals surface area contributed by atoms with Gasteiger partial charge in [0.25, 0.3) is 0 Å². The quantitative estimate of drug-likeness (QED) is 0.555. The Balaban J connectivity index is 2.32. The van der Waals surface area contributed by atoms with Gasteiger partial charge in [0, 0.05) is 19.3 Å². The number of carbonyl (C=O) groups excluding carboxylic acids is 1. The van der Waals surface area contributed by atoms with Gasteiger partial charge in [-0.25, -0.2) is 4.39 Å². The Bertz CT molecular complexity index is 471. The molecule has 0 bridgehead atoms. The zero-order valence-electron chi connectivity index (χ0n) is 12.7. The summed E-state index contributed by atoms with van der Waals surface area (Å²) in [5.41, 5.74) is 0.561. The first-order valence-corrected chi connectivity index (χ1v) is 7.01. The Morgan fingerprint density at radius 3 is 2.48 bits per heavy atom. The zero-order chi connectivity index (χ0) is 15.7. The van der Waals surface area contributed by atoms with Crippen molar-refractivity contribution >= 4 is 17.6 Å². The van der Waals surface area contributed by atoms with E-state index in [1.165, 1.54) is 24.3 Å². The number of anilines is 1. The van der Waals surface area contributed by atoms with Crippen LogP contribution in [0.3, 0.4) is 0 Å². The van der Waals surface area contributed by atoms with Crippen molar-refractivity contribution in [2.45, 2.75) is 20.3 Å². The minimum Gasteiger partial charge on any atom is -0.356 e. The van der Waals surface area contributed by atoms with Crippen molar-refractivity contribution in [2.24, 2.45) is 10.9 Å². The highest BCUT2D eigenvalue weighted by molar-refractivity contribution is 5.94. The summed E-state index contributed by atoms with van der Waals surface area (Å²) in [5.74, 6) is 0.650. The van der Waals surface area contributed by atoms with E-state index >= 15 is 0 Å². The van der Waals surface area contributed by atoms with E-state index < -0.39 is 0 Å². The van der Waals surface area contributed by atoms with E-state index in [0.717, 1.165) is 13.0 Å². The first-order valence-electron chi connectivity index (χ1n) is 7.01. The number of benzene rings is 1. The van der Waals surface area contributed by atoms with E-state index in [-0.39, 0.29) is 18.3 Å². The van der Waals surface area contributed by atoms with Gasteiger partial charge in [-0.1, -0.05) is 13.8 Å². The van der Waals surface area contributed by atoms with Crippen LogP contribution in [0.15, 0.2) is 29.3 Å². The van der Waals surface area contributed by atoms with Gasteiger partial charge in [-0.2, -0.15) is 0 Å². The minimum absolute atomic E-state index is 0.0960. The lowest BCUT2D eigenvalue weighted by molar-refractivity contribution is -0.115. The summed E-state index contributed by atoms with van der Waals surface area (Å²) in [5, 5.41) is 8.74. The van der Waals surface area contributed by atoms with E-state index in [9.17, 15) is 9.18 Å². The topological polar surface area (TPSA) is 65.5 Å². The fourth-order valence-corrected chi connectivity index (χ4v) is 1.60. The van der Waals surface area contributed by atoms with Crippen molar-refractivity contribution in [1.29, 1.82) is 0 Å². The Hall–Kier alpha value is -2.11. The second kappa shape index (κ2) is 8.94. The third-order valence-electron chi connectivity index (χ3n) is 2.78. The van der Waals surface area contributed by atoms with Gasteiger partial charge in [0.05, 0.1) is 6.54 Å². The normalized spacial score (nSPS) is 11.4. The standard InChI is InChI=1S/C15H23FN4O/c1-11(2)8-9-18-15(17-3)19-10-14(21)20-13-6-4-12(16)5-7-13/h4-7,11H,8-10H2,1-3H3,(H,20,21)(H2,17,18,19). The van der Waals surface area contributed by atoms with Crippen LogP contribution in [-0.4, -0.2) is 32.0 Å². The highest BCUT2D eigenvalue weighted by Crippen LogP contribution is 2.07. The monoisotopic (exact) mass is 294 g/mol. The number of hydrogen-bond acceptors (Lipinski definition) is 2. The molecule has 0 aliphatic rings. The molecular formula is C15H23FN4O. The maximum atomic E-state index is 12.7. The van der Waals surface area contributed by atoms with E-state index in [0.29, 0.717) is 17.6 Å². The second-order valence-corrected chi connectivity index (χ2v) is 5.09. The molecule has 3 N–H and O–H groups in total. The number of guanidine groups is 1. The molecule has 0 fully saturated rings. The molecule has 1 aromatic rings. The van der Waals surface area contributed by atoms with Gasteiger partial charge in [-0.3, -0.25) is 9.79 Å². The number of aliphatic imine (C=N–C) groups is 1. The highest BCUT2D eigenvalue weighted by atomic mass is 19.1. The largest absolute Gasteiger partial charge is 0.356 e. The number of nitrogens with zero attached hydrogens (tertiary/aromatic N) is 1. The van der Waals surface area contributed by atoms with Crippen LogP contribution in [0.2, 0.25) is 0 Å². The first-order chi connectivity index (χ1) is 10.0. The summed E-state index contributed by atoms with van der Waals surface area (Å²) >= 11 is 0. The van der Waals surface area contributed by atoms with E-state index in [4.69, 9.17) is 0 Å². The van der Waals surface area contributed by atoms with E-state index in [2.05, 4.69) is 34.8 Å². The highest BCUT2D eigenvalue weighted by Gasteiger charge is 2.04. The van der Waals surface area contributed by atoms with Crippen molar-refractivity contribution in [3.8, 4) is 0 Å². The van der Waals surface area contributed by atoms with Crippen molar-refractivity contribution in [3.05, 3.63) is 30.1 Å². The van der Waals surface area contributed by atoms with E-state index in [1.54, 1.807) is 7.05 Å². The fraction of sp³-hybridized carbons (Fsp3) is 0.467. The lowest BCUT2D eigenvalue weighted by Crippen LogP contribution is -2.41. The Morgan fingerprint density at radius 1 is 1.24 bits per heavy atom. The summed E-state index contributed by atoms with van der Waals surface area (Å²) in [6, 6.07) is 5.64. The molecule has 116 valence electrons. The summed E-state index contributed by atoms with van der Waals surface area (Å²) in [7, 11) is 1.66. The number of hydrogen-bond donors (Lipinski definition) is 3. The Kier molecular flexibility index (Phi) is 7.21. The number of rotatable bonds is 6. The molecule has 1 rings (SSSR count). The molecule has 0 saturated heterocycles. The van der Waals surface area contributed by atoms with Crippen LogP contribution in [0.25, 0.3) is 0 Å². The van der Waals surface area contributed by atoms with Crippen LogP contribution in [0, 0.1) is 11.7 Å². The molecule has 1 aromatic carbocycles. The molecule has 1 amide bonds. The molecule has 0 radical (unpaired) electrons. The molecule has 0 saturated carbocycles. The molecule has 0 unspecified atom stereocenters.